The zero-order chi connectivity index (χ0) is 18.0. The van der Waals surface area contributed by atoms with E-state index in [1.54, 1.807) is 18.1 Å². The van der Waals surface area contributed by atoms with E-state index >= 15 is 0 Å². The van der Waals surface area contributed by atoms with Gasteiger partial charge in [0, 0.05) is 19.3 Å². The topological polar surface area (TPSA) is 60.2 Å². The minimum atomic E-state index is -4.53. The van der Waals surface area contributed by atoms with E-state index < -0.39 is 18.3 Å². The molecule has 1 saturated carbocycles. The number of nitrogens with zero attached hydrogens (tertiary/aromatic N) is 4. The Morgan fingerprint density at radius 3 is 2.68 bits per heavy atom. The molecule has 134 valence electrons. The second-order valence-corrected chi connectivity index (χ2v) is 5.92. The number of amides is 1. The van der Waals surface area contributed by atoms with Crippen molar-refractivity contribution in [2.45, 2.75) is 31.6 Å². The standard InChI is InChI=1S/C16H17F3N4O2/c1-22-8-11(20-21-22)9-23(12-6-7-12)15(24)10-25-14-5-3-2-4-13(14)16(17,18)19/h2-5,8,12H,6-7,9-10H2,1H3. The number of ether oxygens (including phenoxy) is 1. The number of rotatable bonds is 6. The maximum absolute atomic E-state index is 13.0. The Labute approximate surface area is 142 Å². The van der Waals surface area contributed by atoms with Crippen LogP contribution >= 0.6 is 0 Å². The number of benzene rings is 1. The van der Waals surface area contributed by atoms with Crippen LogP contribution < -0.4 is 4.74 Å². The Morgan fingerprint density at radius 1 is 1.36 bits per heavy atom. The second-order valence-electron chi connectivity index (χ2n) is 5.92. The molecule has 1 aromatic heterocycles. The first kappa shape index (κ1) is 17.2. The van der Waals surface area contributed by atoms with Gasteiger partial charge in [-0.1, -0.05) is 17.3 Å². The van der Waals surface area contributed by atoms with Crippen molar-refractivity contribution in [3.63, 3.8) is 0 Å². The summed E-state index contributed by atoms with van der Waals surface area (Å²) in [7, 11) is 1.72. The highest BCUT2D eigenvalue weighted by atomic mass is 19.4. The lowest BCUT2D eigenvalue weighted by Crippen LogP contribution is -2.36. The highest BCUT2D eigenvalue weighted by Gasteiger charge is 2.36. The molecule has 1 heterocycles. The van der Waals surface area contributed by atoms with Crippen LogP contribution in [0.5, 0.6) is 5.75 Å². The SMILES string of the molecule is Cn1cc(CN(C(=O)COc2ccccc2C(F)(F)F)C2CC2)nn1. The lowest BCUT2D eigenvalue weighted by Gasteiger charge is -2.22. The van der Waals surface area contributed by atoms with Gasteiger partial charge >= 0.3 is 6.18 Å². The van der Waals surface area contributed by atoms with E-state index in [4.69, 9.17) is 4.74 Å². The number of alkyl halides is 3. The van der Waals surface area contributed by atoms with Crippen molar-refractivity contribution in [1.82, 2.24) is 19.9 Å². The van der Waals surface area contributed by atoms with Gasteiger partial charge in [-0.05, 0) is 25.0 Å². The van der Waals surface area contributed by atoms with Crippen LogP contribution in [-0.2, 0) is 24.6 Å². The molecule has 3 rings (SSSR count). The van der Waals surface area contributed by atoms with Gasteiger partial charge in [0.05, 0.1) is 12.1 Å². The Kier molecular flexibility index (Phi) is 4.65. The van der Waals surface area contributed by atoms with Gasteiger partial charge in [0.1, 0.15) is 11.4 Å². The van der Waals surface area contributed by atoms with Crippen molar-refractivity contribution in [2.24, 2.45) is 7.05 Å². The van der Waals surface area contributed by atoms with Gasteiger partial charge in [0.15, 0.2) is 6.61 Å². The molecule has 1 fully saturated rings. The Hall–Kier alpha value is -2.58. The first-order valence-corrected chi connectivity index (χ1v) is 7.78. The normalized spacial score (nSPS) is 14.4. The lowest BCUT2D eigenvalue weighted by molar-refractivity contribution is -0.141. The minimum absolute atomic E-state index is 0.0796. The number of aromatic nitrogens is 3. The Balaban J connectivity index is 1.67. The summed E-state index contributed by atoms with van der Waals surface area (Å²) in [6.07, 6.45) is -1.10. The minimum Gasteiger partial charge on any atom is -0.483 e. The second kappa shape index (κ2) is 6.73. The average Bonchev–Trinajstić information content (AvgIpc) is 3.32. The molecule has 0 radical (unpaired) electrons. The van der Waals surface area contributed by atoms with Crippen LogP contribution in [0.15, 0.2) is 30.5 Å². The monoisotopic (exact) mass is 354 g/mol. The molecular weight excluding hydrogens is 337 g/mol. The van der Waals surface area contributed by atoms with Crippen LogP contribution in [0.4, 0.5) is 13.2 Å². The molecule has 0 atom stereocenters. The molecule has 1 aromatic carbocycles. The maximum atomic E-state index is 13.0. The molecule has 1 aliphatic carbocycles. The fourth-order valence-corrected chi connectivity index (χ4v) is 2.50. The van der Waals surface area contributed by atoms with Gasteiger partial charge in [-0.2, -0.15) is 13.2 Å². The molecule has 0 saturated heterocycles. The van der Waals surface area contributed by atoms with Gasteiger partial charge < -0.3 is 9.64 Å². The molecule has 0 N–H and O–H groups in total. The fourth-order valence-electron chi connectivity index (χ4n) is 2.50. The van der Waals surface area contributed by atoms with E-state index in [2.05, 4.69) is 10.3 Å². The summed E-state index contributed by atoms with van der Waals surface area (Å²) in [4.78, 5) is 14.0. The van der Waals surface area contributed by atoms with Crippen molar-refractivity contribution >= 4 is 5.91 Å². The number of carbonyl (C=O) groups excluding carboxylic acids is 1. The largest absolute Gasteiger partial charge is 0.483 e. The maximum Gasteiger partial charge on any atom is 0.419 e. The summed E-state index contributed by atoms with van der Waals surface area (Å²) < 4.78 is 45.6. The molecular formula is C16H17F3N4O2. The van der Waals surface area contributed by atoms with Crippen LogP contribution in [0, 0.1) is 0 Å². The third-order valence-corrected chi connectivity index (χ3v) is 3.83. The third-order valence-electron chi connectivity index (χ3n) is 3.83. The summed E-state index contributed by atoms with van der Waals surface area (Å²) in [6.45, 7) is -0.189. The molecule has 25 heavy (non-hydrogen) atoms. The molecule has 1 aliphatic rings. The van der Waals surface area contributed by atoms with Crippen LogP contribution in [-0.4, -0.2) is 38.4 Å². The Morgan fingerprint density at radius 2 is 2.08 bits per heavy atom. The van der Waals surface area contributed by atoms with E-state index in [-0.39, 0.29) is 24.2 Å². The smallest absolute Gasteiger partial charge is 0.419 e. The highest BCUT2D eigenvalue weighted by Crippen LogP contribution is 2.36. The summed E-state index contributed by atoms with van der Waals surface area (Å²) in [5, 5.41) is 7.76. The molecule has 9 heteroatoms. The van der Waals surface area contributed by atoms with Crippen molar-refractivity contribution in [2.75, 3.05) is 6.61 Å². The summed E-state index contributed by atoms with van der Waals surface area (Å²) in [6, 6.07) is 4.93. The van der Waals surface area contributed by atoms with Gasteiger partial charge in [-0.3, -0.25) is 9.48 Å². The van der Waals surface area contributed by atoms with E-state index in [1.807, 2.05) is 0 Å². The van der Waals surface area contributed by atoms with Crippen molar-refractivity contribution in [3.8, 4) is 5.75 Å². The van der Waals surface area contributed by atoms with Gasteiger partial charge in [0.25, 0.3) is 5.91 Å². The lowest BCUT2D eigenvalue weighted by atomic mass is 10.2. The number of carbonyl (C=O) groups is 1. The average molecular weight is 354 g/mol. The van der Waals surface area contributed by atoms with Crippen LogP contribution in [0.3, 0.4) is 0 Å². The number of para-hydroxylation sites is 1. The molecule has 0 bridgehead atoms. The number of aryl methyl sites for hydroxylation is 1. The van der Waals surface area contributed by atoms with Gasteiger partial charge in [0.2, 0.25) is 0 Å². The third kappa shape index (κ3) is 4.28. The summed E-state index contributed by atoms with van der Waals surface area (Å²) in [5.41, 5.74) is -0.270. The quantitative estimate of drug-likeness (QED) is 0.799. The van der Waals surface area contributed by atoms with E-state index in [1.165, 1.54) is 22.9 Å². The molecule has 0 unspecified atom stereocenters. The van der Waals surface area contributed by atoms with Crippen LogP contribution in [0.2, 0.25) is 0 Å². The molecule has 2 aromatic rings. The van der Waals surface area contributed by atoms with Crippen LogP contribution in [0.1, 0.15) is 24.1 Å². The number of halogens is 3. The zero-order valence-corrected chi connectivity index (χ0v) is 13.5. The van der Waals surface area contributed by atoms with Gasteiger partial charge in [-0.15, -0.1) is 5.10 Å². The first-order chi connectivity index (χ1) is 11.8. The predicted molar refractivity (Wildman–Crippen MR) is 81.5 cm³/mol. The fraction of sp³-hybridized carbons (Fsp3) is 0.438. The Bertz CT molecular complexity index is 756. The highest BCUT2D eigenvalue weighted by molar-refractivity contribution is 5.78. The van der Waals surface area contributed by atoms with E-state index in [0.29, 0.717) is 5.69 Å². The molecule has 0 aliphatic heterocycles. The summed E-state index contributed by atoms with van der Waals surface area (Å²) in [5.74, 6) is -0.719. The van der Waals surface area contributed by atoms with Crippen molar-refractivity contribution < 1.29 is 22.7 Å². The van der Waals surface area contributed by atoms with Gasteiger partial charge in [-0.25, -0.2) is 0 Å². The zero-order valence-electron chi connectivity index (χ0n) is 13.5. The number of hydrogen-bond acceptors (Lipinski definition) is 4. The van der Waals surface area contributed by atoms with Crippen molar-refractivity contribution in [1.29, 1.82) is 0 Å². The molecule has 6 nitrogen and oxygen atoms in total. The van der Waals surface area contributed by atoms with E-state index in [0.717, 1.165) is 18.9 Å². The van der Waals surface area contributed by atoms with E-state index in [9.17, 15) is 18.0 Å². The van der Waals surface area contributed by atoms with Crippen LogP contribution in [0.25, 0.3) is 0 Å². The predicted octanol–water partition coefficient (Wildman–Crippen LogP) is 2.40. The van der Waals surface area contributed by atoms with Crippen molar-refractivity contribution in [3.05, 3.63) is 41.7 Å². The molecule has 0 spiro atoms. The number of hydrogen-bond donors (Lipinski definition) is 0. The summed E-state index contributed by atoms with van der Waals surface area (Å²) >= 11 is 0. The first-order valence-electron chi connectivity index (χ1n) is 7.78. The molecule has 1 amide bonds.